The predicted octanol–water partition coefficient (Wildman–Crippen LogP) is 2.24. The molecule has 1 aliphatic heterocycles. The zero-order valence-electron chi connectivity index (χ0n) is 12.7. The van der Waals surface area contributed by atoms with Gasteiger partial charge in [-0.3, -0.25) is 9.78 Å². The molecule has 1 amide bonds. The number of benzene rings is 1. The number of amides is 1. The van der Waals surface area contributed by atoms with Crippen LogP contribution in [-0.4, -0.2) is 17.4 Å². The largest absolute Gasteiger partial charge is 0.348 e. The van der Waals surface area contributed by atoms with E-state index in [0.29, 0.717) is 6.54 Å². The van der Waals surface area contributed by atoms with Crippen LogP contribution in [0.4, 0.5) is 8.78 Å². The van der Waals surface area contributed by atoms with Gasteiger partial charge in [0.2, 0.25) is 0 Å². The molecular weight excluding hydrogens is 300 g/mol. The Bertz CT molecular complexity index is 762. The molecule has 0 saturated carbocycles. The van der Waals surface area contributed by atoms with Crippen molar-refractivity contribution in [1.82, 2.24) is 15.6 Å². The molecule has 0 saturated heterocycles. The second-order valence-corrected chi connectivity index (χ2v) is 5.56. The van der Waals surface area contributed by atoms with Gasteiger partial charge in [0.1, 0.15) is 0 Å². The first-order valence-electron chi connectivity index (χ1n) is 7.46. The third-order valence-corrected chi connectivity index (χ3v) is 4.08. The number of aromatic nitrogens is 1. The highest BCUT2D eigenvalue weighted by atomic mass is 19.2. The van der Waals surface area contributed by atoms with Crippen LogP contribution < -0.4 is 10.6 Å². The average Bonchev–Trinajstić information content (AvgIpc) is 2.56. The van der Waals surface area contributed by atoms with Crippen LogP contribution in [-0.2, 0) is 19.5 Å². The summed E-state index contributed by atoms with van der Waals surface area (Å²) in [6, 6.07) is 3.12. The maximum atomic E-state index is 13.2. The molecule has 2 N–H and O–H groups in total. The Balaban J connectivity index is 1.78. The molecule has 2 aromatic rings. The summed E-state index contributed by atoms with van der Waals surface area (Å²) >= 11 is 0. The summed E-state index contributed by atoms with van der Waals surface area (Å²) in [6.07, 6.45) is 2.74. The Hall–Kier alpha value is -2.34. The molecule has 0 radical (unpaired) electrons. The zero-order valence-corrected chi connectivity index (χ0v) is 12.7. The fraction of sp³-hybridized carbons (Fsp3) is 0.294. The minimum absolute atomic E-state index is 0.0981. The highest BCUT2D eigenvalue weighted by Gasteiger charge is 2.17. The number of fused-ring (bicyclic) bond motifs is 1. The van der Waals surface area contributed by atoms with Crippen molar-refractivity contribution in [2.24, 2.45) is 0 Å². The zero-order chi connectivity index (χ0) is 16.4. The van der Waals surface area contributed by atoms with Crippen molar-refractivity contribution < 1.29 is 13.6 Å². The second kappa shape index (κ2) is 6.42. The lowest BCUT2D eigenvalue weighted by Gasteiger charge is -2.21. The Morgan fingerprint density at radius 3 is 2.96 bits per heavy atom. The summed E-state index contributed by atoms with van der Waals surface area (Å²) in [6.45, 7) is 3.88. The number of halogens is 2. The highest BCUT2D eigenvalue weighted by molar-refractivity contribution is 5.94. The second-order valence-electron chi connectivity index (χ2n) is 5.56. The van der Waals surface area contributed by atoms with Gasteiger partial charge in [-0.05, 0) is 54.8 Å². The summed E-state index contributed by atoms with van der Waals surface area (Å²) in [4.78, 5) is 16.5. The summed E-state index contributed by atoms with van der Waals surface area (Å²) in [7, 11) is 0. The first-order valence-corrected chi connectivity index (χ1v) is 7.46. The molecule has 0 bridgehead atoms. The summed E-state index contributed by atoms with van der Waals surface area (Å²) in [5.74, 6) is -2.43. The number of rotatable bonds is 3. The van der Waals surface area contributed by atoms with Crippen LogP contribution in [0.3, 0.4) is 0 Å². The molecule has 0 fully saturated rings. The maximum absolute atomic E-state index is 13.2. The lowest BCUT2D eigenvalue weighted by atomic mass is 9.96. The maximum Gasteiger partial charge on any atom is 0.251 e. The van der Waals surface area contributed by atoms with Crippen LogP contribution in [0.2, 0.25) is 0 Å². The molecule has 23 heavy (non-hydrogen) atoms. The highest BCUT2D eigenvalue weighted by Crippen LogP contribution is 2.20. The van der Waals surface area contributed by atoms with Gasteiger partial charge in [-0.2, -0.15) is 0 Å². The number of hydrogen-bond donors (Lipinski definition) is 2. The van der Waals surface area contributed by atoms with Gasteiger partial charge in [0.15, 0.2) is 11.6 Å². The van der Waals surface area contributed by atoms with Crippen LogP contribution in [0.1, 0.15) is 32.7 Å². The molecule has 0 atom stereocenters. The lowest BCUT2D eigenvalue weighted by molar-refractivity contribution is 0.0950. The topological polar surface area (TPSA) is 54.0 Å². The Morgan fingerprint density at radius 2 is 2.17 bits per heavy atom. The normalized spacial score (nSPS) is 13.5. The SMILES string of the molecule is Cc1ncc2c(c1CNC(=O)c1ccc(F)c(F)c1)CCNC2. The molecular formula is C17H17F2N3O. The van der Waals surface area contributed by atoms with Crippen LogP contribution in [0.15, 0.2) is 24.4 Å². The Kier molecular flexibility index (Phi) is 4.34. The van der Waals surface area contributed by atoms with E-state index in [0.717, 1.165) is 48.5 Å². The predicted molar refractivity (Wildman–Crippen MR) is 81.9 cm³/mol. The van der Waals surface area contributed by atoms with Gasteiger partial charge in [-0.25, -0.2) is 8.78 Å². The van der Waals surface area contributed by atoms with Crippen molar-refractivity contribution in [1.29, 1.82) is 0 Å². The van der Waals surface area contributed by atoms with E-state index in [1.807, 2.05) is 13.1 Å². The molecule has 120 valence electrons. The van der Waals surface area contributed by atoms with Gasteiger partial charge in [-0.1, -0.05) is 0 Å². The molecule has 0 aliphatic carbocycles. The molecule has 1 aromatic carbocycles. The number of pyridine rings is 1. The van der Waals surface area contributed by atoms with Crippen molar-refractivity contribution in [3.63, 3.8) is 0 Å². The number of carbonyl (C=O) groups excluding carboxylic acids is 1. The third-order valence-electron chi connectivity index (χ3n) is 4.08. The van der Waals surface area contributed by atoms with Gasteiger partial charge in [-0.15, -0.1) is 0 Å². The van der Waals surface area contributed by atoms with Crippen molar-refractivity contribution in [3.8, 4) is 0 Å². The fourth-order valence-corrected chi connectivity index (χ4v) is 2.79. The fourth-order valence-electron chi connectivity index (χ4n) is 2.79. The van der Waals surface area contributed by atoms with E-state index in [9.17, 15) is 13.6 Å². The van der Waals surface area contributed by atoms with Crippen LogP contribution in [0, 0.1) is 18.6 Å². The van der Waals surface area contributed by atoms with Crippen molar-refractivity contribution in [2.45, 2.75) is 26.4 Å². The minimum atomic E-state index is -1.03. The van der Waals surface area contributed by atoms with Crippen molar-refractivity contribution in [3.05, 3.63) is 64.0 Å². The molecule has 4 nitrogen and oxygen atoms in total. The van der Waals surface area contributed by atoms with Gasteiger partial charge in [0.05, 0.1) is 0 Å². The van der Waals surface area contributed by atoms with Crippen molar-refractivity contribution in [2.75, 3.05) is 6.54 Å². The van der Waals surface area contributed by atoms with E-state index in [4.69, 9.17) is 0 Å². The number of nitrogens with zero attached hydrogens (tertiary/aromatic N) is 1. The summed E-state index contributed by atoms with van der Waals surface area (Å²) in [5.41, 5.74) is 4.32. The van der Waals surface area contributed by atoms with Crippen molar-refractivity contribution >= 4 is 5.91 Å². The molecule has 3 rings (SSSR count). The first-order chi connectivity index (χ1) is 11.1. The quantitative estimate of drug-likeness (QED) is 0.913. The molecule has 0 unspecified atom stereocenters. The molecule has 2 heterocycles. The number of hydrogen-bond acceptors (Lipinski definition) is 3. The third kappa shape index (κ3) is 3.22. The summed E-state index contributed by atoms with van der Waals surface area (Å²) in [5, 5.41) is 6.05. The molecule has 1 aliphatic rings. The first kappa shape index (κ1) is 15.6. The van der Waals surface area contributed by atoms with Gasteiger partial charge >= 0.3 is 0 Å². The number of aryl methyl sites for hydroxylation is 1. The lowest BCUT2D eigenvalue weighted by Crippen LogP contribution is -2.29. The van der Waals surface area contributed by atoms with Gasteiger partial charge in [0, 0.05) is 30.5 Å². The van der Waals surface area contributed by atoms with Crippen LogP contribution in [0.25, 0.3) is 0 Å². The summed E-state index contributed by atoms with van der Waals surface area (Å²) < 4.78 is 26.2. The van der Waals surface area contributed by atoms with E-state index in [1.165, 1.54) is 11.6 Å². The van der Waals surface area contributed by atoms with Crippen LogP contribution in [0.5, 0.6) is 0 Å². The van der Waals surface area contributed by atoms with E-state index in [1.54, 1.807) is 0 Å². The standard InChI is InChI=1S/C17H17F2N3O/c1-10-14(13-4-5-20-7-12(13)8-21-10)9-22-17(23)11-2-3-15(18)16(19)6-11/h2-3,6,8,20H,4-5,7,9H2,1H3,(H,22,23). The average molecular weight is 317 g/mol. The smallest absolute Gasteiger partial charge is 0.251 e. The molecule has 0 spiro atoms. The molecule has 6 heteroatoms. The van der Waals surface area contributed by atoms with E-state index >= 15 is 0 Å². The van der Waals surface area contributed by atoms with Crippen LogP contribution >= 0.6 is 0 Å². The Morgan fingerprint density at radius 1 is 1.35 bits per heavy atom. The van der Waals surface area contributed by atoms with E-state index in [-0.39, 0.29) is 5.56 Å². The van der Waals surface area contributed by atoms with Gasteiger partial charge in [0.25, 0.3) is 5.91 Å². The van der Waals surface area contributed by atoms with E-state index in [2.05, 4.69) is 15.6 Å². The Labute approximate surface area is 132 Å². The number of nitrogens with one attached hydrogen (secondary N) is 2. The monoisotopic (exact) mass is 317 g/mol. The minimum Gasteiger partial charge on any atom is -0.348 e. The molecule has 1 aromatic heterocycles. The van der Waals surface area contributed by atoms with E-state index < -0.39 is 17.5 Å². The van der Waals surface area contributed by atoms with Gasteiger partial charge < -0.3 is 10.6 Å². The number of carbonyl (C=O) groups is 1.